The fourth-order valence-electron chi connectivity index (χ4n) is 12.7. The van der Waals surface area contributed by atoms with Gasteiger partial charge in [0.2, 0.25) is 0 Å². The van der Waals surface area contributed by atoms with Crippen LogP contribution in [0.3, 0.4) is 0 Å². The van der Waals surface area contributed by atoms with E-state index < -0.39 is 5.41 Å². The molecule has 75 heavy (non-hydrogen) atoms. The molecule has 0 atom stereocenters. The molecule has 0 bridgehead atoms. The highest BCUT2D eigenvalue weighted by Crippen LogP contribution is 2.59. The van der Waals surface area contributed by atoms with Gasteiger partial charge in [0.1, 0.15) is 0 Å². The second kappa shape index (κ2) is 17.7. The summed E-state index contributed by atoms with van der Waals surface area (Å²) in [5.74, 6) is 0. The molecule has 0 radical (unpaired) electrons. The van der Waals surface area contributed by atoms with Gasteiger partial charge in [0, 0.05) is 22.4 Å². The van der Waals surface area contributed by atoms with E-state index in [9.17, 15) is 0 Å². The quantitative estimate of drug-likeness (QED) is 0.139. The Labute approximate surface area is 440 Å². The monoisotopic (exact) mass is 955 g/mol. The van der Waals surface area contributed by atoms with E-state index in [4.69, 9.17) is 0 Å². The molecule has 0 saturated carbocycles. The first-order valence-electron chi connectivity index (χ1n) is 26.2. The number of benzene rings is 12. The Morgan fingerprint density at radius 2 is 0.640 bits per heavy atom. The van der Waals surface area contributed by atoms with Gasteiger partial charge in [-0.1, -0.05) is 250 Å². The zero-order chi connectivity index (χ0) is 50.1. The van der Waals surface area contributed by atoms with E-state index in [0.29, 0.717) is 0 Å². The highest BCUT2D eigenvalue weighted by molar-refractivity contribution is 5.95. The minimum Gasteiger partial charge on any atom is -0.310 e. The molecule has 354 valence electrons. The van der Waals surface area contributed by atoms with Gasteiger partial charge in [-0.3, -0.25) is 0 Å². The summed E-state index contributed by atoms with van der Waals surface area (Å²) in [5, 5.41) is 2.52. The van der Waals surface area contributed by atoms with Crippen LogP contribution >= 0.6 is 0 Å². The molecule has 2 aliphatic carbocycles. The van der Waals surface area contributed by atoms with Crippen molar-refractivity contribution in [2.45, 2.75) is 24.7 Å². The average Bonchev–Trinajstić information content (AvgIpc) is 4.02. The Morgan fingerprint density at radius 3 is 1.27 bits per heavy atom. The van der Waals surface area contributed by atoms with Crippen molar-refractivity contribution in [1.29, 1.82) is 0 Å². The molecular weight excluding hydrogens is 903 g/mol. The number of hydrogen-bond acceptors (Lipinski definition) is 1. The van der Waals surface area contributed by atoms with Crippen LogP contribution in [0.5, 0.6) is 0 Å². The molecule has 0 heterocycles. The second-order valence-corrected chi connectivity index (χ2v) is 20.8. The predicted octanol–water partition coefficient (Wildman–Crippen LogP) is 19.6. The maximum Gasteiger partial charge on any atom is 0.0714 e. The second-order valence-electron chi connectivity index (χ2n) is 20.8. The zero-order valence-electron chi connectivity index (χ0n) is 42.1. The Bertz CT molecular complexity index is 4080. The molecule has 0 aromatic heterocycles. The van der Waals surface area contributed by atoms with Crippen molar-refractivity contribution in [3.63, 3.8) is 0 Å². The van der Waals surface area contributed by atoms with Crippen molar-refractivity contribution in [3.8, 4) is 66.8 Å². The molecule has 12 aromatic carbocycles. The lowest BCUT2D eigenvalue weighted by molar-refractivity contribution is 0.660. The number of fused-ring (bicyclic) bond motifs is 7. The van der Waals surface area contributed by atoms with Gasteiger partial charge in [-0.15, -0.1) is 0 Å². The van der Waals surface area contributed by atoms with Crippen molar-refractivity contribution >= 4 is 27.8 Å². The Morgan fingerprint density at radius 1 is 0.253 bits per heavy atom. The van der Waals surface area contributed by atoms with Crippen LogP contribution < -0.4 is 4.90 Å². The fourth-order valence-corrected chi connectivity index (χ4v) is 12.7. The third kappa shape index (κ3) is 7.22. The van der Waals surface area contributed by atoms with E-state index in [-0.39, 0.29) is 5.41 Å². The largest absolute Gasteiger partial charge is 0.310 e. The van der Waals surface area contributed by atoms with Gasteiger partial charge in [0.15, 0.2) is 0 Å². The topological polar surface area (TPSA) is 3.24 Å². The highest BCUT2D eigenvalue weighted by atomic mass is 15.1. The smallest absolute Gasteiger partial charge is 0.0714 e. The molecule has 1 heteroatoms. The molecule has 0 amide bonds. The molecule has 12 aromatic rings. The molecule has 0 fully saturated rings. The molecular formula is C74H53N. The van der Waals surface area contributed by atoms with Gasteiger partial charge >= 0.3 is 0 Å². The van der Waals surface area contributed by atoms with Crippen LogP contribution in [-0.2, 0) is 10.8 Å². The van der Waals surface area contributed by atoms with Crippen molar-refractivity contribution < 1.29 is 0 Å². The molecule has 14 rings (SSSR count). The number of hydrogen-bond donors (Lipinski definition) is 0. The van der Waals surface area contributed by atoms with E-state index >= 15 is 0 Å². The van der Waals surface area contributed by atoms with E-state index in [1.165, 1.54) is 99.8 Å². The van der Waals surface area contributed by atoms with Crippen molar-refractivity contribution in [3.05, 3.63) is 318 Å². The minimum atomic E-state index is -0.614. The Hall–Kier alpha value is -9.30. The van der Waals surface area contributed by atoms with Crippen LogP contribution in [0.2, 0.25) is 0 Å². The molecule has 0 unspecified atom stereocenters. The summed E-state index contributed by atoms with van der Waals surface area (Å²) in [6.45, 7) is 4.81. The number of nitrogens with zero attached hydrogens (tertiary/aromatic N) is 1. The van der Waals surface area contributed by atoms with Gasteiger partial charge in [-0.05, 0) is 154 Å². The van der Waals surface area contributed by atoms with Crippen LogP contribution in [-0.4, -0.2) is 0 Å². The van der Waals surface area contributed by atoms with Crippen molar-refractivity contribution in [2.24, 2.45) is 0 Å². The van der Waals surface area contributed by atoms with Crippen molar-refractivity contribution in [1.82, 2.24) is 0 Å². The van der Waals surface area contributed by atoms with Crippen LogP contribution in [0.15, 0.2) is 285 Å². The van der Waals surface area contributed by atoms with Crippen molar-refractivity contribution in [2.75, 3.05) is 4.90 Å². The summed E-state index contributed by atoms with van der Waals surface area (Å²) < 4.78 is 0. The summed E-state index contributed by atoms with van der Waals surface area (Å²) in [4.78, 5) is 2.53. The first-order valence-corrected chi connectivity index (χ1v) is 26.2. The maximum atomic E-state index is 2.53. The highest BCUT2D eigenvalue weighted by Gasteiger charge is 2.47. The molecule has 0 spiro atoms. The molecule has 2 aliphatic rings. The lowest BCUT2D eigenvalue weighted by Gasteiger charge is -2.35. The Kier molecular flexibility index (Phi) is 10.5. The van der Waals surface area contributed by atoms with Gasteiger partial charge in [0.05, 0.1) is 11.1 Å². The summed E-state index contributed by atoms with van der Waals surface area (Å²) in [6, 6.07) is 106. The summed E-state index contributed by atoms with van der Waals surface area (Å²) in [5.41, 5.74) is 24.9. The normalized spacial score (nSPS) is 13.4. The summed E-state index contributed by atoms with van der Waals surface area (Å²) in [7, 11) is 0. The number of rotatable bonds is 9. The number of anilines is 3. The average molecular weight is 956 g/mol. The standard InChI is InChI=1S/C74H53N/c1-73(2)68-46-58(56-36-33-52-23-15-16-24-55(52)45-56)38-41-64(68)65-43-39-61(48-69(65)73)75(72-30-18-17-29-63(72)54-34-31-53(32-35-54)50-19-7-3-8-20-50)62-40-44-67-66-42-37-57(51-21-9-4-10-22-51)47-70(66)74(71(67)49-62,59-25-11-5-12-26-59)60-27-13-6-14-28-60/h3-49H,1-2H3. The summed E-state index contributed by atoms with van der Waals surface area (Å²) >= 11 is 0. The van der Waals surface area contributed by atoms with Gasteiger partial charge < -0.3 is 4.90 Å². The molecule has 0 aliphatic heterocycles. The van der Waals surface area contributed by atoms with E-state index in [1.807, 2.05) is 0 Å². The van der Waals surface area contributed by atoms with Crippen LogP contribution in [0.1, 0.15) is 47.2 Å². The van der Waals surface area contributed by atoms with Crippen LogP contribution in [0.25, 0.3) is 77.5 Å². The number of para-hydroxylation sites is 1. The maximum absolute atomic E-state index is 2.53. The minimum absolute atomic E-state index is 0.266. The van der Waals surface area contributed by atoms with Crippen LogP contribution in [0.4, 0.5) is 17.1 Å². The van der Waals surface area contributed by atoms with Gasteiger partial charge in [-0.25, -0.2) is 0 Å². The lowest BCUT2D eigenvalue weighted by atomic mass is 9.67. The predicted molar refractivity (Wildman–Crippen MR) is 315 cm³/mol. The SMILES string of the molecule is CC1(C)c2cc(-c3ccc4ccccc4c3)ccc2-c2ccc(N(c3ccc4c(c3)C(c3ccccc3)(c3ccccc3)c3cc(-c5ccccc5)ccc3-4)c3ccccc3-c3ccc(-c4ccccc4)cc3)cc21. The van der Waals surface area contributed by atoms with E-state index in [0.717, 1.165) is 28.2 Å². The van der Waals surface area contributed by atoms with E-state index in [1.54, 1.807) is 0 Å². The zero-order valence-corrected chi connectivity index (χ0v) is 42.1. The van der Waals surface area contributed by atoms with Gasteiger partial charge in [-0.2, -0.15) is 0 Å². The third-order valence-electron chi connectivity index (χ3n) is 16.3. The van der Waals surface area contributed by atoms with E-state index in [2.05, 4.69) is 304 Å². The summed E-state index contributed by atoms with van der Waals surface area (Å²) in [6.07, 6.45) is 0. The first kappa shape index (κ1) is 44.4. The van der Waals surface area contributed by atoms with Gasteiger partial charge in [0.25, 0.3) is 0 Å². The molecule has 0 saturated heterocycles. The fraction of sp³-hybridized carbons (Fsp3) is 0.0541. The van der Waals surface area contributed by atoms with Crippen LogP contribution in [0, 0.1) is 0 Å². The first-order chi connectivity index (χ1) is 36.9. The third-order valence-corrected chi connectivity index (χ3v) is 16.3. The Balaban J connectivity index is 0.973. The molecule has 0 N–H and O–H groups in total. The molecule has 1 nitrogen and oxygen atoms in total. The lowest BCUT2D eigenvalue weighted by Crippen LogP contribution is -2.29.